The van der Waals surface area contributed by atoms with Crippen molar-refractivity contribution in [1.82, 2.24) is 0 Å². The average Bonchev–Trinajstić information content (AvgIpc) is 2.49. The van der Waals surface area contributed by atoms with Gasteiger partial charge >= 0.3 is 11.9 Å². The number of hydrogen-bond acceptors (Lipinski definition) is 4. The highest BCUT2D eigenvalue weighted by atomic mass is 16.6. The Labute approximate surface area is 134 Å². The van der Waals surface area contributed by atoms with Crippen LogP contribution in [-0.4, -0.2) is 25.2 Å². The van der Waals surface area contributed by atoms with Crippen molar-refractivity contribution >= 4 is 11.9 Å². The van der Waals surface area contributed by atoms with E-state index in [2.05, 4.69) is 0 Å². The van der Waals surface area contributed by atoms with E-state index in [1.807, 2.05) is 34.6 Å². The van der Waals surface area contributed by atoms with Crippen molar-refractivity contribution in [3.8, 4) is 0 Å². The van der Waals surface area contributed by atoms with Crippen LogP contribution in [0, 0.1) is 16.7 Å². The lowest BCUT2D eigenvalue weighted by molar-refractivity contribution is -0.167. The van der Waals surface area contributed by atoms with E-state index in [0.717, 1.165) is 32.1 Å². The number of ether oxygens (including phenoxy) is 2. The monoisotopic (exact) mass is 312 g/mol. The van der Waals surface area contributed by atoms with Gasteiger partial charge in [-0.05, 0) is 31.6 Å². The van der Waals surface area contributed by atoms with E-state index in [1.54, 1.807) is 0 Å². The van der Waals surface area contributed by atoms with Crippen molar-refractivity contribution in [3.05, 3.63) is 0 Å². The molecule has 1 saturated carbocycles. The number of carbonyl (C=O) groups excluding carboxylic acids is 2. The van der Waals surface area contributed by atoms with E-state index in [-0.39, 0.29) is 36.5 Å². The van der Waals surface area contributed by atoms with Crippen LogP contribution in [-0.2, 0) is 19.1 Å². The first-order valence-electron chi connectivity index (χ1n) is 8.56. The molecule has 4 nitrogen and oxygen atoms in total. The summed E-state index contributed by atoms with van der Waals surface area (Å²) in [6.45, 7) is 10.4. The van der Waals surface area contributed by atoms with Crippen LogP contribution in [0.5, 0.6) is 0 Å². The zero-order valence-corrected chi connectivity index (χ0v) is 14.9. The summed E-state index contributed by atoms with van der Waals surface area (Å²) in [6.07, 6.45) is 6.00. The zero-order chi connectivity index (χ0) is 16.8. The van der Waals surface area contributed by atoms with E-state index < -0.39 is 5.41 Å². The lowest BCUT2D eigenvalue weighted by Crippen LogP contribution is -2.41. The summed E-state index contributed by atoms with van der Waals surface area (Å²) in [5, 5.41) is 0. The Hall–Kier alpha value is -1.06. The van der Waals surface area contributed by atoms with Crippen LogP contribution in [0.25, 0.3) is 0 Å². The summed E-state index contributed by atoms with van der Waals surface area (Å²) < 4.78 is 10.6. The van der Waals surface area contributed by atoms with Crippen LogP contribution in [0.2, 0.25) is 0 Å². The summed E-state index contributed by atoms with van der Waals surface area (Å²) in [7, 11) is 0. The Morgan fingerprint density at radius 1 is 0.955 bits per heavy atom. The zero-order valence-electron chi connectivity index (χ0n) is 14.9. The van der Waals surface area contributed by atoms with Crippen molar-refractivity contribution < 1.29 is 19.1 Å². The molecular weight excluding hydrogens is 280 g/mol. The van der Waals surface area contributed by atoms with Crippen LogP contribution in [0.15, 0.2) is 0 Å². The third kappa shape index (κ3) is 4.72. The Morgan fingerprint density at radius 2 is 1.50 bits per heavy atom. The van der Waals surface area contributed by atoms with E-state index in [1.165, 1.54) is 6.42 Å². The first-order valence-corrected chi connectivity index (χ1v) is 8.56. The molecule has 1 aliphatic carbocycles. The molecule has 1 rings (SSSR count). The SMILES string of the molecule is CCC(C)(C(=O)OCCOC(=O)C1CCCCC1)C(C)(C)C. The summed E-state index contributed by atoms with van der Waals surface area (Å²) in [5.74, 6) is -0.305. The Bertz CT molecular complexity index is 377. The number of carbonyl (C=O) groups is 2. The molecule has 1 atom stereocenters. The van der Waals surface area contributed by atoms with Gasteiger partial charge in [-0.2, -0.15) is 0 Å². The van der Waals surface area contributed by atoms with Crippen LogP contribution in [0.3, 0.4) is 0 Å². The number of esters is 2. The van der Waals surface area contributed by atoms with Gasteiger partial charge in [-0.15, -0.1) is 0 Å². The molecule has 128 valence electrons. The molecule has 1 unspecified atom stereocenters. The summed E-state index contributed by atoms with van der Waals surface area (Å²) >= 11 is 0. The van der Waals surface area contributed by atoms with E-state index in [4.69, 9.17) is 9.47 Å². The molecule has 0 aromatic heterocycles. The fraction of sp³-hybridized carbons (Fsp3) is 0.889. The maximum absolute atomic E-state index is 12.3. The predicted molar refractivity (Wildman–Crippen MR) is 86.3 cm³/mol. The third-order valence-corrected chi connectivity index (χ3v) is 5.31. The molecule has 0 aromatic carbocycles. The minimum absolute atomic E-state index is 0.0416. The third-order valence-electron chi connectivity index (χ3n) is 5.31. The molecule has 4 heteroatoms. The maximum Gasteiger partial charge on any atom is 0.312 e. The normalized spacial score (nSPS) is 19.3. The lowest BCUT2D eigenvalue weighted by atomic mass is 9.66. The molecule has 0 N–H and O–H groups in total. The second-order valence-electron chi connectivity index (χ2n) is 7.57. The highest BCUT2D eigenvalue weighted by molar-refractivity contribution is 5.77. The van der Waals surface area contributed by atoms with Gasteiger partial charge in [-0.1, -0.05) is 47.0 Å². The highest BCUT2D eigenvalue weighted by Crippen LogP contribution is 2.42. The van der Waals surface area contributed by atoms with Gasteiger partial charge in [0.2, 0.25) is 0 Å². The molecule has 1 fully saturated rings. The van der Waals surface area contributed by atoms with Gasteiger partial charge in [-0.3, -0.25) is 9.59 Å². The van der Waals surface area contributed by atoms with Gasteiger partial charge in [0.1, 0.15) is 13.2 Å². The molecule has 0 spiro atoms. The minimum Gasteiger partial charge on any atom is -0.462 e. The van der Waals surface area contributed by atoms with Crippen LogP contribution in [0.1, 0.15) is 73.1 Å². The lowest BCUT2D eigenvalue weighted by Gasteiger charge is -2.38. The smallest absolute Gasteiger partial charge is 0.312 e. The quantitative estimate of drug-likeness (QED) is 0.547. The number of hydrogen-bond donors (Lipinski definition) is 0. The molecule has 0 saturated heterocycles. The molecule has 0 radical (unpaired) electrons. The Kier molecular flexibility index (Phi) is 6.89. The number of rotatable bonds is 6. The molecular formula is C18H32O4. The summed E-state index contributed by atoms with van der Waals surface area (Å²) in [5.41, 5.74) is -0.696. The van der Waals surface area contributed by atoms with Crippen LogP contribution in [0.4, 0.5) is 0 Å². The average molecular weight is 312 g/mol. The Morgan fingerprint density at radius 3 is 2.00 bits per heavy atom. The molecule has 0 aliphatic heterocycles. The first-order chi connectivity index (χ1) is 10.2. The van der Waals surface area contributed by atoms with Gasteiger partial charge in [0.25, 0.3) is 0 Å². The summed E-state index contributed by atoms with van der Waals surface area (Å²) in [4.78, 5) is 24.2. The molecule has 0 bridgehead atoms. The molecule has 22 heavy (non-hydrogen) atoms. The minimum atomic E-state index is -0.527. The molecule has 0 aromatic rings. The fourth-order valence-electron chi connectivity index (χ4n) is 2.87. The summed E-state index contributed by atoms with van der Waals surface area (Å²) in [6, 6.07) is 0. The van der Waals surface area contributed by atoms with E-state index in [9.17, 15) is 9.59 Å². The first kappa shape index (κ1) is 19.0. The molecule has 0 amide bonds. The van der Waals surface area contributed by atoms with Gasteiger partial charge in [0.15, 0.2) is 0 Å². The van der Waals surface area contributed by atoms with Gasteiger partial charge in [-0.25, -0.2) is 0 Å². The van der Waals surface area contributed by atoms with Gasteiger partial charge < -0.3 is 9.47 Å². The van der Waals surface area contributed by atoms with Crippen molar-refractivity contribution in [1.29, 1.82) is 0 Å². The van der Waals surface area contributed by atoms with Gasteiger partial charge in [0.05, 0.1) is 11.3 Å². The second-order valence-corrected chi connectivity index (χ2v) is 7.57. The molecule has 0 heterocycles. The highest BCUT2D eigenvalue weighted by Gasteiger charge is 2.44. The molecule has 1 aliphatic rings. The second kappa shape index (κ2) is 7.98. The largest absolute Gasteiger partial charge is 0.462 e. The van der Waals surface area contributed by atoms with E-state index >= 15 is 0 Å². The van der Waals surface area contributed by atoms with Crippen LogP contribution < -0.4 is 0 Å². The van der Waals surface area contributed by atoms with Crippen molar-refractivity contribution in [2.75, 3.05) is 13.2 Å². The van der Waals surface area contributed by atoms with Crippen molar-refractivity contribution in [3.63, 3.8) is 0 Å². The van der Waals surface area contributed by atoms with Crippen molar-refractivity contribution in [2.24, 2.45) is 16.7 Å². The van der Waals surface area contributed by atoms with Gasteiger partial charge in [0, 0.05) is 0 Å². The van der Waals surface area contributed by atoms with Crippen LogP contribution >= 0.6 is 0 Å². The fourth-order valence-corrected chi connectivity index (χ4v) is 2.87. The standard InChI is InChI=1S/C18H32O4/c1-6-18(5,17(2,3)4)16(20)22-13-12-21-15(19)14-10-8-7-9-11-14/h14H,6-13H2,1-5H3. The predicted octanol–water partition coefficient (Wildman–Crippen LogP) is 4.12. The van der Waals surface area contributed by atoms with Crippen molar-refractivity contribution in [2.45, 2.75) is 73.1 Å². The van der Waals surface area contributed by atoms with E-state index in [0.29, 0.717) is 0 Å². The Balaban J connectivity index is 2.34. The maximum atomic E-state index is 12.3. The topological polar surface area (TPSA) is 52.6 Å².